The first kappa shape index (κ1) is 11.5. The highest BCUT2D eigenvalue weighted by atomic mass is 16.3. The third-order valence-electron chi connectivity index (χ3n) is 3.66. The van der Waals surface area contributed by atoms with Gasteiger partial charge in [-0.15, -0.1) is 0 Å². The Bertz CT molecular complexity index is 325. The highest BCUT2D eigenvalue weighted by Crippen LogP contribution is 2.27. The predicted octanol–water partition coefficient (Wildman–Crippen LogP) is 3.12. The van der Waals surface area contributed by atoms with Crippen LogP contribution in [0.15, 0.2) is 24.3 Å². The minimum Gasteiger partial charge on any atom is -0.389 e. The Morgan fingerprint density at radius 3 is 2.25 bits per heavy atom. The van der Waals surface area contributed by atoms with Gasteiger partial charge in [-0.25, -0.2) is 0 Å². The lowest BCUT2D eigenvalue weighted by atomic mass is 10.1. The van der Waals surface area contributed by atoms with Crippen molar-refractivity contribution in [1.82, 2.24) is 0 Å². The topological polar surface area (TPSA) is 23.5 Å². The fourth-order valence-corrected chi connectivity index (χ4v) is 2.49. The van der Waals surface area contributed by atoms with Gasteiger partial charge in [0.25, 0.3) is 0 Å². The summed E-state index contributed by atoms with van der Waals surface area (Å²) in [5, 5.41) is 9.45. The van der Waals surface area contributed by atoms with Crippen molar-refractivity contribution in [3.63, 3.8) is 0 Å². The molecule has 2 heteroatoms. The van der Waals surface area contributed by atoms with Crippen LogP contribution in [0.3, 0.4) is 0 Å². The summed E-state index contributed by atoms with van der Waals surface area (Å²) in [7, 11) is 2.17. The molecule has 1 N–H and O–H groups in total. The fourth-order valence-electron chi connectivity index (χ4n) is 2.49. The second-order valence-corrected chi connectivity index (χ2v) is 4.82. The number of hydrogen-bond donors (Lipinski definition) is 1. The van der Waals surface area contributed by atoms with Gasteiger partial charge in [0.1, 0.15) is 0 Å². The molecule has 1 aliphatic carbocycles. The van der Waals surface area contributed by atoms with Gasteiger partial charge < -0.3 is 10.0 Å². The van der Waals surface area contributed by atoms with Crippen LogP contribution in [-0.2, 0) is 0 Å². The zero-order valence-corrected chi connectivity index (χ0v) is 10.2. The fraction of sp³-hybridized carbons (Fsp3) is 0.571. The lowest BCUT2D eigenvalue weighted by Crippen LogP contribution is -2.28. The van der Waals surface area contributed by atoms with Gasteiger partial charge in [-0.2, -0.15) is 0 Å². The molecule has 0 radical (unpaired) electrons. The SMILES string of the molecule is C[C@H](O)c1ccc(N(C)C2CCCC2)cc1. The smallest absolute Gasteiger partial charge is 0.0761 e. The Morgan fingerprint density at radius 1 is 1.19 bits per heavy atom. The normalized spacial score (nSPS) is 18.7. The maximum absolute atomic E-state index is 9.45. The molecule has 1 atom stereocenters. The van der Waals surface area contributed by atoms with Gasteiger partial charge in [-0.1, -0.05) is 25.0 Å². The maximum atomic E-state index is 9.45. The van der Waals surface area contributed by atoms with Crippen LogP contribution in [0.25, 0.3) is 0 Å². The van der Waals surface area contributed by atoms with E-state index in [9.17, 15) is 5.11 Å². The summed E-state index contributed by atoms with van der Waals surface area (Å²) in [5.41, 5.74) is 2.25. The lowest BCUT2D eigenvalue weighted by molar-refractivity contribution is 0.199. The van der Waals surface area contributed by atoms with Gasteiger partial charge in [0.15, 0.2) is 0 Å². The van der Waals surface area contributed by atoms with Crippen molar-refractivity contribution in [3.05, 3.63) is 29.8 Å². The second kappa shape index (κ2) is 4.88. The van der Waals surface area contributed by atoms with E-state index in [1.54, 1.807) is 6.92 Å². The monoisotopic (exact) mass is 219 g/mol. The molecule has 1 aromatic rings. The molecule has 0 saturated heterocycles. The van der Waals surface area contributed by atoms with Crippen molar-refractivity contribution in [2.45, 2.75) is 44.8 Å². The Kier molecular flexibility index (Phi) is 3.49. The zero-order chi connectivity index (χ0) is 11.5. The van der Waals surface area contributed by atoms with Crippen molar-refractivity contribution in [2.75, 3.05) is 11.9 Å². The van der Waals surface area contributed by atoms with E-state index in [1.165, 1.54) is 31.4 Å². The minimum absolute atomic E-state index is 0.370. The molecule has 1 aromatic carbocycles. The van der Waals surface area contributed by atoms with Gasteiger partial charge >= 0.3 is 0 Å². The number of rotatable bonds is 3. The molecule has 0 aliphatic heterocycles. The summed E-state index contributed by atoms with van der Waals surface area (Å²) >= 11 is 0. The lowest BCUT2D eigenvalue weighted by Gasteiger charge is -2.26. The van der Waals surface area contributed by atoms with E-state index in [0.29, 0.717) is 6.04 Å². The summed E-state index contributed by atoms with van der Waals surface area (Å²) in [6, 6.07) is 8.97. The molecule has 0 amide bonds. The van der Waals surface area contributed by atoms with Crippen LogP contribution < -0.4 is 4.90 Å². The molecule has 0 unspecified atom stereocenters. The molecule has 1 fully saturated rings. The Hall–Kier alpha value is -1.02. The van der Waals surface area contributed by atoms with E-state index in [4.69, 9.17) is 0 Å². The summed E-state index contributed by atoms with van der Waals surface area (Å²) < 4.78 is 0. The molecule has 0 heterocycles. The Morgan fingerprint density at radius 2 is 1.75 bits per heavy atom. The first-order valence-corrected chi connectivity index (χ1v) is 6.19. The molecule has 2 nitrogen and oxygen atoms in total. The molecule has 2 rings (SSSR count). The van der Waals surface area contributed by atoms with E-state index in [0.717, 1.165) is 5.56 Å². The van der Waals surface area contributed by atoms with Crippen LogP contribution in [0, 0.1) is 0 Å². The molecule has 0 aromatic heterocycles. The third kappa shape index (κ3) is 2.38. The molecule has 88 valence electrons. The second-order valence-electron chi connectivity index (χ2n) is 4.82. The van der Waals surface area contributed by atoms with Crippen LogP contribution in [-0.4, -0.2) is 18.2 Å². The molecule has 0 bridgehead atoms. The van der Waals surface area contributed by atoms with Crippen molar-refractivity contribution in [1.29, 1.82) is 0 Å². The van der Waals surface area contributed by atoms with E-state index < -0.39 is 0 Å². The summed E-state index contributed by atoms with van der Waals surface area (Å²) in [6.45, 7) is 1.80. The Labute approximate surface area is 97.9 Å². The largest absolute Gasteiger partial charge is 0.389 e. The number of anilines is 1. The molecular formula is C14H21NO. The number of nitrogens with zero attached hydrogens (tertiary/aromatic N) is 1. The summed E-state index contributed by atoms with van der Waals surface area (Å²) in [6.07, 6.45) is 4.98. The number of benzene rings is 1. The minimum atomic E-state index is -0.370. The van der Waals surface area contributed by atoms with Crippen LogP contribution in [0.4, 0.5) is 5.69 Å². The summed E-state index contributed by atoms with van der Waals surface area (Å²) in [5.74, 6) is 0. The average molecular weight is 219 g/mol. The quantitative estimate of drug-likeness (QED) is 0.844. The van der Waals surface area contributed by atoms with E-state index in [2.05, 4.69) is 24.1 Å². The van der Waals surface area contributed by atoms with Crippen molar-refractivity contribution < 1.29 is 5.11 Å². The number of aliphatic hydroxyl groups excluding tert-OH is 1. The first-order valence-electron chi connectivity index (χ1n) is 6.19. The maximum Gasteiger partial charge on any atom is 0.0761 e. The van der Waals surface area contributed by atoms with E-state index >= 15 is 0 Å². The number of hydrogen-bond acceptors (Lipinski definition) is 2. The predicted molar refractivity (Wildman–Crippen MR) is 67.7 cm³/mol. The summed E-state index contributed by atoms with van der Waals surface area (Å²) in [4.78, 5) is 2.37. The van der Waals surface area contributed by atoms with Crippen molar-refractivity contribution in [2.24, 2.45) is 0 Å². The van der Waals surface area contributed by atoms with E-state index in [1.807, 2.05) is 12.1 Å². The molecular weight excluding hydrogens is 198 g/mol. The zero-order valence-electron chi connectivity index (χ0n) is 10.2. The highest BCUT2D eigenvalue weighted by molar-refractivity contribution is 5.48. The van der Waals surface area contributed by atoms with Gasteiger partial charge in [-0.3, -0.25) is 0 Å². The van der Waals surface area contributed by atoms with Gasteiger partial charge in [0, 0.05) is 18.8 Å². The molecule has 16 heavy (non-hydrogen) atoms. The number of aliphatic hydroxyl groups is 1. The molecule has 1 aliphatic rings. The molecule has 0 spiro atoms. The first-order chi connectivity index (χ1) is 7.68. The third-order valence-corrected chi connectivity index (χ3v) is 3.66. The highest BCUT2D eigenvalue weighted by Gasteiger charge is 2.19. The van der Waals surface area contributed by atoms with Gasteiger partial charge in [0.05, 0.1) is 6.10 Å². The Balaban J connectivity index is 2.08. The van der Waals surface area contributed by atoms with Crippen LogP contribution in [0.2, 0.25) is 0 Å². The van der Waals surface area contributed by atoms with E-state index in [-0.39, 0.29) is 6.10 Å². The van der Waals surface area contributed by atoms with Gasteiger partial charge in [0.2, 0.25) is 0 Å². The standard InChI is InChI=1S/C14H21NO/c1-11(16)12-7-9-14(10-8-12)15(2)13-5-3-4-6-13/h7-11,13,16H,3-6H2,1-2H3/t11-/m0/s1. The molecule has 1 saturated carbocycles. The van der Waals surface area contributed by atoms with Crippen LogP contribution in [0.5, 0.6) is 0 Å². The van der Waals surface area contributed by atoms with Gasteiger partial charge in [-0.05, 0) is 37.5 Å². The van der Waals surface area contributed by atoms with Crippen molar-refractivity contribution in [3.8, 4) is 0 Å². The van der Waals surface area contributed by atoms with Crippen molar-refractivity contribution >= 4 is 5.69 Å². The van der Waals surface area contributed by atoms with Crippen LogP contribution in [0.1, 0.15) is 44.3 Å². The average Bonchev–Trinajstić information content (AvgIpc) is 2.81. The van der Waals surface area contributed by atoms with Crippen LogP contribution >= 0.6 is 0 Å².